The van der Waals surface area contributed by atoms with E-state index >= 15 is 0 Å². The number of hydrogen-bond donors (Lipinski definition) is 0. The Hall–Kier alpha value is -2.37. The maximum absolute atomic E-state index is 12.2. The number of benzene rings is 1. The van der Waals surface area contributed by atoms with Crippen LogP contribution in [0.1, 0.15) is 37.2 Å². The third-order valence-electron chi connectivity index (χ3n) is 2.61. The topological polar surface area (TPSA) is 66.2 Å². The molecule has 0 aliphatic heterocycles. The van der Waals surface area contributed by atoms with Gasteiger partial charge in [-0.05, 0) is 52.0 Å². The summed E-state index contributed by atoms with van der Waals surface area (Å²) in [7, 11) is 1.60. The number of nitrogens with zero attached hydrogens (tertiary/aromatic N) is 3. The van der Waals surface area contributed by atoms with Crippen LogP contribution in [-0.2, 0) is 4.74 Å². The molecule has 2 rings (SSSR count). The van der Waals surface area contributed by atoms with Crippen molar-refractivity contribution < 1.29 is 14.3 Å². The van der Waals surface area contributed by atoms with E-state index in [0.29, 0.717) is 5.82 Å². The number of methoxy groups -OCH3 is 1. The maximum Gasteiger partial charge on any atom is 0.377 e. The van der Waals surface area contributed by atoms with Crippen molar-refractivity contribution in [3.05, 3.63) is 35.9 Å². The summed E-state index contributed by atoms with van der Waals surface area (Å²) < 4.78 is 11.9. The summed E-state index contributed by atoms with van der Waals surface area (Å²) in [5.41, 5.74) is 0.138. The van der Waals surface area contributed by atoms with Crippen LogP contribution in [0.15, 0.2) is 24.3 Å². The first-order valence-corrected chi connectivity index (χ1v) is 6.61. The second-order valence-corrected chi connectivity index (χ2v) is 5.59. The van der Waals surface area contributed by atoms with Gasteiger partial charge in [0.1, 0.15) is 17.2 Å². The van der Waals surface area contributed by atoms with Gasteiger partial charge in [0.25, 0.3) is 0 Å². The Morgan fingerprint density at radius 3 is 2.33 bits per heavy atom. The standard InChI is InChI=1S/C15H19N3O3/c1-10-16-13(14(19)21-15(2,3)4)18(17-10)11-6-8-12(20-5)9-7-11/h6-9H,1-5H3. The summed E-state index contributed by atoms with van der Waals surface area (Å²) in [5.74, 6) is 0.896. The van der Waals surface area contributed by atoms with E-state index in [1.54, 1.807) is 38.3 Å². The lowest BCUT2D eigenvalue weighted by molar-refractivity contribution is 0.00525. The smallest absolute Gasteiger partial charge is 0.377 e. The second kappa shape index (κ2) is 5.55. The number of rotatable bonds is 3. The van der Waals surface area contributed by atoms with E-state index in [1.807, 2.05) is 20.8 Å². The Bertz CT molecular complexity index is 639. The van der Waals surface area contributed by atoms with Gasteiger partial charge in [-0.25, -0.2) is 14.5 Å². The van der Waals surface area contributed by atoms with Crippen LogP contribution in [0.3, 0.4) is 0 Å². The first kappa shape index (κ1) is 15.0. The monoisotopic (exact) mass is 289 g/mol. The normalized spacial score (nSPS) is 11.3. The highest BCUT2D eigenvalue weighted by molar-refractivity contribution is 5.86. The highest BCUT2D eigenvalue weighted by Crippen LogP contribution is 2.17. The van der Waals surface area contributed by atoms with Gasteiger partial charge in [0.05, 0.1) is 12.8 Å². The van der Waals surface area contributed by atoms with Crippen LogP contribution in [0.2, 0.25) is 0 Å². The van der Waals surface area contributed by atoms with Crippen LogP contribution in [-0.4, -0.2) is 33.4 Å². The van der Waals surface area contributed by atoms with Crippen molar-refractivity contribution in [2.75, 3.05) is 7.11 Å². The molecule has 0 aliphatic rings. The highest BCUT2D eigenvalue weighted by atomic mass is 16.6. The minimum Gasteiger partial charge on any atom is -0.497 e. The van der Waals surface area contributed by atoms with Gasteiger partial charge in [-0.3, -0.25) is 0 Å². The van der Waals surface area contributed by atoms with E-state index in [0.717, 1.165) is 11.4 Å². The van der Waals surface area contributed by atoms with Crippen LogP contribution in [0.4, 0.5) is 0 Å². The van der Waals surface area contributed by atoms with E-state index in [9.17, 15) is 4.79 Å². The summed E-state index contributed by atoms with van der Waals surface area (Å²) in [5, 5.41) is 4.25. The van der Waals surface area contributed by atoms with E-state index in [4.69, 9.17) is 9.47 Å². The molecular formula is C15H19N3O3. The molecule has 0 N–H and O–H groups in total. The second-order valence-electron chi connectivity index (χ2n) is 5.59. The Balaban J connectivity index is 2.38. The largest absolute Gasteiger partial charge is 0.497 e. The van der Waals surface area contributed by atoms with Crippen LogP contribution >= 0.6 is 0 Å². The Kier molecular flexibility index (Phi) is 3.97. The zero-order chi connectivity index (χ0) is 15.6. The molecule has 6 nitrogen and oxygen atoms in total. The molecule has 0 atom stereocenters. The van der Waals surface area contributed by atoms with E-state index in [-0.39, 0.29) is 5.82 Å². The van der Waals surface area contributed by atoms with Crippen molar-refractivity contribution >= 4 is 5.97 Å². The molecule has 0 spiro atoms. The molecule has 0 fully saturated rings. The van der Waals surface area contributed by atoms with Gasteiger partial charge < -0.3 is 9.47 Å². The molecule has 0 aliphatic carbocycles. The number of aryl methyl sites for hydroxylation is 1. The lowest BCUT2D eigenvalue weighted by atomic mass is 10.2. The third-order valence-corrected chi connectivity index (χ3v) is 2.61. The summed E-state index contributed by atoms with van der Waals surface area (Å²) in [6, 6.07) is 7.21. The van der Waals surface area contributed by atoms with E-state index in [2.05, 4.69) is 10.1 Å². The minimum absolute atomic E-state index is 0.160. The molecule has 1 aromatic heterocycles. The molecule has 0 amide bonds. The van der Waals surface area contributed by atoms with Crippen molar-refractivity contribution in [1.29, 1.82) is 0 Å². The SMILES string of the molecule is COc1ccc(-n2nc(C)nc2C(=O)OC(C)(C)C)cc1. The number of esters is 1. The quantitative estimate of drug-likeness (QED) is 0.812. The number of carbonyl (C=O) groups excluding carboxylic acids is 1. The first-order valence-electron chi connectivity index (χ1n) is 6.61. The number of ether oxygens (including phenoxy) is 2. The third kappa shape index (κ3) is 3.59. The molecule has 0 radical (unpaired) electrons. The summed E-state index contributed by atoms with van der Waals surface area (Å²) in [4.78, 5) is 16.4. The van der Waals surface area contributed by atoms with Crippen LogP contribution < -0.4 is 4.74 Å². The van der Waals surface area contributed by atoms with E-state index in [1.165, 1.54) is 4.68 Å². The van der Waals surface area contributed by atoms with Gasteiger partial charge in [-0.1, -0.05) is 0 Å². The van der Waals surface area contributed by atoms with Crippen LogP contribution in [0.25, 0.3) is 5.69 Å². The highest BCUT2D eigenvalue weighted by Gasteiger charge is 2.24. The van der Waals surface area contributed by atoms with Crippen LogP contribution in [0.5, 0.6) is 5.75 Å². The summed E-state index contributed by atoms with van der Waals surface area (Å²) in [6.45, 7) is 7.16. The maximum atomic E-state index is 12.2. The predicted molar refractivity (Wildman–Crippen MR) is 77.8 cm³/mol. The fourth-order valence-electron chi connectivity index (χ4n) is 1.77. The molecule has 1 heterocycles. The predicted octanol–water partition coefficient (Wildman–Crippen LogP) is 2.54. The number of hydrogen-bond acceptors (Lipinski definition) is 5. The van der Waals surface area contributed by atoms with Crippen molar-refractivity contribution in [3.8, 4) is 11.4 Å². The number of aromatic nitrogens is 3. The summed E-state index contributed by atoms with van der Waals surface area (Å²) in [6.07, 6.45) is 0. The molecule has 0 bridgehead atoms. The first-order chi connectivity index (χ1) is 9.80. The average Bonchev–Trinajstić information content (AvgIpc) is 2.79. The average molecular weight is 289 g/mol. The molecule has 21 heavy (non-hydrogen) atoms. The lowest BCUT2D eigenvalue weighted by Gasteiger charge is -2.19. The van der Waals surface area contributed by atoms with Crippen molar-refractivity contribution in [2.24, 2.45) is 0 Å². The van der Waals surface area contributed by atoms with Gasteiger partial charge in [-0.15, -0.1) is 0 Å². The van der Waals surface area contributed by atoms with Gasteiger partial charge >= 0.3 is 5.97 Å². The molecule has 2 aromatic rings. The number of carbonyl (C=O) groups is 1. The lowest BCUT2D eigenvalue weighted by Crippen LogP contribution is -2.26. The Morgan fingerprint density at radius 2 is 1.81 bits per heavy atom. The van der Waals surface area contributed by atoms with Crippen molar-refractivity contribution in [1.82, 2.24) is 14.8 Å². The van der Waals surface area contributed by atoms with Gasteiger partial charge in [0, 0.05) is 0 Å². The molecule has 0 unspecified atom stereocenters. The fourth-order valence-corrected chi connectivity index (χ4v) is 1.77. The zero-order valence-corrected chi connectivity index (χ0v) is 12.9. The molecular weight excluding hydrogens is 270 g/mol. The fraction of sp³-hybridized carbons (Fsp3) is 0.400. The van der Waals surface area contributed by atoms with E-state index < -0.39 is 11.6 Å². The molecule has 1 aromatic carbocycles. The van der Waals surface area contributed by atoms with Crippen molar-refractivity contribution in [2.45, 2.75) is 33.3 Å². The van der Waals surface area contributed by atoms with Crippen molar-refractivity contribution in [3.63, 3.8) is 0 Å². The van der Waals surface area contributed by atoms with Gasteiger partial charge in [0.2, 0.25) is 5.82 Å². The molecule has 6 heteroatoms. The zero-order valence-electron chi connectivity index (χ0n) is 12.9. The van der Waals surface area contributed by atoms with Gasteiger partial charge in [-0.2, -0.15) is 5.10 Å². The van der Waals surface area contributed by atoms with Crippen LogP contribution in [0, 0.1) is 6.92 Å². The molecule has 112 valence electrons. The van der Waals surface area contributed by atoms with Gasteiger partial charge in [0.15, 0.2) is 0 Å². The Morgan fingerprint density at radius 1 is 1.19 bits per heavy atom. The summed E-state index contributed by atoms with van der Waals surface area (Å²) >= 11 is 0. The molecule has 0 saturated carbocycles. The molecule has 0 saturated heterocycles. The minimum atomic E-state index is -0.582. The Labute approximate surface area is 123 Å².